The number of carbonyl (C=O) groups excluding carboxylic acids is 1. The van der Waals surface area contributed by atoms with Gasteiger partial charge in [-0.05, 0) is 34.1 Å². The summed E-state index contributed by atoms with van der Waals surface area (Å²) in [6.45, 7) is 1.90. The summed E-state index contributed by atoms with van der Waals surface area (Å²) in [6, 6.07) is 4.98. The van der Waals surface area contributed by atoms with Crippen LogP contribution in [0.25, 0.3) is 0 Å². The minimum Gasteiger partial charge on any atom is -0.345 e. The van der Waals surface area contributed by atoms with Gasteiger partial charge in [0.25, 0.3) is 5.91 Å². The van der Waals surface area contributed by atoms with Crippen LogP contribution in [-0.4, -0.2) is 16.0 Å². The number of nitrogens with one attached hydrogen (secondary N) is 1. The Morgan fingerprint density at radius 1 is 1.56 bits per heavy atom. The van der Waals surface area contributed by atoms with Crippen LogP contribution in [0.4, 0.5) is 0 Å². The minimum atomic E-state index is -0.244. The lowest BCUT2D eigenvalue weighted by Gasteiger charge is -2.03. The number of carbonyl (C=O) groups is 1. The van der Waals surface area contributed by atoms with E-state index < -0.39 is 0 Å². The first kappa shape index (κ1) is 13.0. The lowest BCUT2D eigenvalue weighted by molar-refractivity contribution is 0.0949. The molecule has 1 N–H and O–H groups in total. The van der Waals surface area contributed by atoms with Crippen LogP contribution in [0.15, 0.2) is 27.2 Å². The highest BCUT2D eigenvalue weighted by molar-refractivity contribution is 9.10. The second-order valence-electron chi connectivity index (χ2n) is 3.54. The van der Waals surface area contributed by atoms with Gasteiger partial charge in [-0.3, -0.25) is 4.79 Å². The Labute approximate surface area is 117 Å². The first-order valence-electron chi connectivity index (χ1n) is 5.08. The van der Waals surface area contributed by atoms with E-state index in [2.05, 4.69) is 31.4 Å². The van der Waals surface area contributed by atoms with Crippen LogP contribution in [0.1, 0.15) is 22.1 Å². The van der Waals surface area contributed by atoms with Crippen LogP contribution in [0.5, 0.6) is 0 Å². The quantitative estimate of drug-likeness (QED) is 0.939. The maximum absolute atomic E-state index is 11.8. The summed E-state index contributed by atoms with van der Waals surface area (Å²) >= 11 is 9.17. The molecule has 0 fully saturated rings. The predicted molar refractivity (Wildman–Crippen MR) is 69.4 cm³/mol. The highest BCUT2D eigenvalue weighted by Crippen LogP contribution is 2.23. The van der Waals surface area contributed by atoms with Crippen LogP contribution < -0.4 is 5.32 Å². The molecule has 1 amide bonds. The van der Waals surface area contributed by atoms with Gasteiger partial charge in [0.1, 0.15) is 0 Å². The third kappa shape index (κ3) is 3.08. The van der Waals surface area contributed by atoms with E-state index in [1.807, 2.05) is 0 Å². The van der Waals surface area contributed by atoms with Crippen molar-refractivity contribution in [2.75, 3.05) is 0 Å². The Hall–Kier alpha value is -1.40. The normalized spacial score (nSPS) is 10.4. The van der Waals surface area contributed by atoms with Crippen LogP contribution in [-0.2, 0) is 6.54 Å². The van der Waals surface area contributed by atoms with Crippen molar-refractivity contribution >= 4 is 33.4 Å². The molecule has 18 heavy (non-hydrogen) atoms. The minimum absolute atomic E-state index is 0.212. The van der Waals surface area contributed by atoms with Gasteiger partial charge in [-0.2, -0.15) is 4.98 Å². The molecule has 0 unspecified atom stereocenters. The average molecular weight is 331 g/mol. The molecule has 0 radical (unpaired) electrons. The Kier molecular flexibility index (Phi) is 3.98. The number of hydrogen-bond donors (Lipinski definition) is 1. The average Bonchev–Trinajstić information content (AvgIpc) is 2.75. The zero-order chi connectivity index (χ0) is 13.1. The van der Waals surface area contributed by atoms with E-state index in [0.717, 1.165) is 4.47 Å². The molecule has 94 valence electrons. The van der Waals surface area contributed by atoms with Gasteiger partial charge in [0.2, 0.25) is 5.89 Å². The van der Waals surface area contributed by atoms with Crippen molar-refractivity contribution in [3.05, 3.63) is 45.0 Å². The maximum Gasteiger partial charge on any atom is 0.251 e. The van der Waals surface area contributed by atoms with Crippen molar-refractivity contribution in [3.8, 4) is 0 Å². The van der Waals surface area contributed by atoms with Gasteiger partial charge in [-0.1, -0.05) is 16.8 Å². The third-order valence-corrected chi connectivity index (χ3v) is 3.39. The Morgan fingerprint density at radius 2 is 2.33 bits per heavy atom. The van der Waals surface area contributed by atoms with E-state index in [0.29, 0.717) is 22.3 Å². The largest absolute Gasteiger partial charge is 0.345 e. The van der Waals surface area contributed by atoms with Gasteiger partial charge in [0, 0.05) is 17.0 Å². The monoisotopic (exact) mass is 329 g/mol. The van der Waals surface area contributed by atoms with Crippen LogP contribution in [0.3, 0.4) is 0 Å². The highest BCUT2D eigenvalue weighted by Gasteiger charge is 2.09. The number of benzene rings is 1. The summed E-state index contributed by atoms with van der Waals surface area (Å²) in [5, 5.41) is 6.84. The van der Waals surface area contributed by atoms with Crippen molar-refractivity contribution in [2.45, 2.75) is 13.5 Å². The number of aromatic nitrogens is 2. The summed E-state index contributed by atoms with van der Waals surface area (Å²) in [6.07, 6.45) is 0. The molecule has 0 bridgehead atoms. The van der Waals surface area contributed by atoms with E-state index in [-0.39, 0.29) is 12.5 Å². The number of rotatable bonds is 3. The van der Waals surface area contributed by atoms with E-state index >= 15 is 0 Å². The molecule has 1 heterocycles. The van der Waals surface area contributed by atoms with Crippen molar-refractivity contribution in [3.63, 3.8) is 0 Å². The van der Waals surface area contributed by atoms with Gasteiger partial charge in [-0.15, -0.1) is 0 Å². The zero-order valence-electron chi connectivity index (χ0n) is 9.41. The number of aryl methyl sites for hydroxylation is 1. The van der Waals surface area contributed by atoms with Gasteiger partial charge in [-0.25, -0.2) is 0 Å². The highest BCUT2D eigenvalue weighted by atomic mass is 79.9. The fraction of sp³-hybridized carbons (Fsp3) is 0.182. The molecule has 7 heteroatoms. The Bertz CT molecular complexity index is 585. The van der Waals surface area contributed by atoms with E-state index in [9.17, 15) is 4.79 Å². The molecule has 1 aromatic carbocycles. The second-order valence-corrected chi connectivity index (χ2v) is 4.80. The van der Waals surface area contributed by atoms with Gasteiger partial charge in [0.15, 0.2) is 5.82 Å². The molecule has 0 saturated carbocycles. The molecule has 0 atom stereocenters. The first-order valence-corrected chi connectivity index (χ1v) is 6.26. The third-order valence-electron chi connectivity index (χ3n) is 2.16. The number of hydrogen-bond acceptors (Lipinski definition) is 4. The molecule has 5 nitrogen and oxygen atoms in total. The number of nitrogens with zero attached hydrogens (tertiary/aromatic N) is 2. The van der Waals surface area contributed by atoms with Gasteiger partial charge in [0.05, 0.1) is 11.6 Å². The van der Waals surface area contributed by atoms with Crippen LogP contribution >= 0.6 is 27.5 Å². The molecule has 1 aromatic heterocycles. The van der Waals surface area contributed by atoms with Gasteiger partial charge < -0.3 is 9.84 Å². The topological polar surface area (TPSA) is 68.0 Å². The van der Waals surface area contributed by atoms with Crippen LogP contribution in [0.2, 0.25) is 5.02 Å². The van der Waals surface area contributed by atoms with E-state index in [4.69, 9.17) is 16.1 Å². The summed E-state index contributed by atoms with van der Waals surface area (Å²) in [4.78, 5) is 15.8. The number of amides is 1. The Balaban J connectivity index is 2.01. The smallest absolute Gasteiger partial charge is 0.251 e. The molecular formula is C11H9BrClN3O2. The summed E-state index contributed by atoms with van der Waals surface area (Å²) in [5.74, 6) is 0.654. The molecular weight excluding hydrogens is 321 g/mol. The van der Waals surface area contributed by atoms with E-state index in [1.54, 1.807) is 25.1 Å². The summed E-state index contributed by atoms with van der Waals surface area (Å²) in [5.41, 5.74) is 0.475. The SMILES string of the molecule is Cc1nc(CNC(=O)c2ccc(Br)c(Cl)c2)no1. The molecule has 2 aromatic rings. The second kappa shape index (κ2) is 5.49. The molecule has 0 aliphatic carbocycles. The Morgan fingerprint density at radius 3 is 2.94 bits per heavy atom. The van der Waals surface area contributed by atoms with Crippen molar-refractivity contribution in [2.24, 2.45) is 0 Å². The summed E-state index contributed by atoms with van der Waals surface area (Å²) in [7, 11) is 0. The first-order chi connectivity index (χ1) is 8.56. The van der Waals surface area contributed by atoms with E-state index in [1.165, 1.54) is 0 Å². The molecule has 2 rings (SSSR count). The molecule has 0 aliphatic heterocycles. The fourth-order valence-corrected chi connectivity index (χ4v) is 1.74. The maximum atomic E-state index is 11.8. The van der Waals surface area contributed by atoms with Crippen LogP contribution in [0, 0.1) is 6.92 Å². The molecule has 0 spiro atoms. The lowest BCUT2D eigenvalue weighted by Crippen LogP contribution is -2.23. The van der Waals surface area contributed by atoms with Crippen molar-refractivity contribution in [1.29, 1.82) is 0 Å². The molecule has 0 aliphatic rings. The standard InChI is InChI=1S/C11H9BrClN3O2/c1-6-15-10(16-18-6)5-14-11(17)7-2-3-8(12)9(13)4-7/h2-4H,5H2,1H3,(H,14,17). The van der Waals surface area contributed by atoms with Crippen molar-refractivity contribution < 1.29 is 9.32 Å². The number of halogens is 2. The predicted octanol–water partition coefficient (Wildman–Crippen LogP) is 2.72. The zero-order valence-corrected chi connectivity index (χ0v) is 11.7. The van der Waals surface area contributed by atoms with Gasteiger partial charge >= 0.3 is 0 Å². The lowest BCUT2D eigenvalue weighted by atomic mass is 10.2. The fourth-order valence-electron chi connectivity index (χ4n) is 1.31. The molecule has 0 saturated heterocycles. The summed E-state index contributed by atoms with van der Waals surface area (Å²) < 4.78 is 5.54. The van der Waals surface area contributed by atoms with Crippen molar-refractivity contribution in [1.82, 2.24) is 15.5 Å².